The summed E-state index contributed by atoms with van der Waals surface area (Å²) >= 11 is 0. The minimum atomic E-state index is -0.819. The standard InChI is InChI=1S/C31H38FNO6/c1-29(2,3)39-28(37)33-23-14-17(6-10-22(23)32)27(36)38-25-11-9-21-20-8-7-18-15-19(34)12-13-30(18,4)26(20)24(35)16-31(21,25)5/h6,10,12-15,20-21,24-26,35H,7-9,11,16H2,1-5H3,(H,33,37). The summed E-state index contributed by atoms with van der Waals surface area (Å²) < 4.78 is 25.6. The van der Waals surface area contributed by atoms with Gasteiger partial charge >= 0.3 is 12.1 Å². The number of ether oxygens (including phenoxy) is 2. The average Bonchev–Trinajstić information content (AvgIpc) is 3.14. The highest BCUT2D eigenvalue weighted by atomic mass is 19.1. The molecule has 0 spiro atoms. The molecule has 8 heteroatoms. The zero-order valence-corrected chi connectivity index (χ0v) is 23.3. The Morgan fingerprint density at radius 3 is 2.62 bits per heavy atom. The maximum Gasteiger partial charge on any atom is 0.412 e. The topological polar surface area (TPSA) is 102 Å². The van der Waals surface area contributed by atoms with Crippen LogP contribution in [0.2, 0.25) is 0 Å². The molecule has 3 saturated carbocycles. The van der Waals surface area contributed by atoms with Crippen molar-refractivity contribution in [2.45, 2.75) is 84.5 Å². The fourth-order valence-electron chi connectivity index (χ4n) is 7.83. The number of anilines is 1. The number of hydrogen-bond acceptors (Lipinski definition) is 6. The Labute approximate surface area is 228 Å². The molecule has 0 aliphatic heterocycles. The van der Waals surface area contributed by atoms with Crippen molar-refractivity contribution in [1.29, 1.82) is 0 Å². The number of allylic oxidation sites excluding steroid dienone is 4. The molecule has 7 atom stereocenters. The summed E-state index contributed by atoms with van der Waals surface area (Å²) in [7, 11) is 0. The van der Waals surface area contributed by atoms with Crippen LogP contribution in [0.25, 0.3) is 0 Å². The number of nitrogens with one attached hydrogen (secondary N) is 1. The van der Waals surface area contributed by atoms with Gasteiger partial charge in [0.2, 0.25) is 0 Å². The Morgan fingerprint density at radius 1 is 1.15 bits per heavy atom. The van der Waals surface area contributed by atoms with E-state index >= 15 is 0 Å². The number of carbonyl (C=O) groups is 3. The van der Waals surface area contributed by atoms with Gasteiger partial charge < -0.3 is 14.6 Å². The average molecular weight is 540 g/mol. The van der Waals surface area contributed by atoms with Crippen LogP contribution in [0.1, 0.15) is 77.1 Å². The van der Waals surface area contributed by atoms with Gasteiger partial charge in [0.25, 0.3) is 0 Å². The molecule has 7 nitrogen and oxygen atoms in total. The Hall–Kier alpha value is -3.00. The maximum atomic E-state index is 14.4. The van der Waals surface area contributed by atoms with Gasteiger partial charge in [0, 0.05) is 16.7 Å². The smallest absolute Gasteiger partial charge is 0.412 e. The van der Waals surface area contributed by atoms with Crippen LogP contribution in [0.5, 0.6) is 0 Å². The summed E-state index contributed by atoms with van der Waals surface area (Å²) in [4.78, 5) is 37.4. The molecule has 4 aliphatic rings. The lowest BCUT2D eigenvalue weighted by molar-refractivity contribution is -0.131. The Bertz CT molecular complexity index is 1260. The first-order valence-corrected chi connectivity index (χ1v) is 13.8. The number of rotatable bonds is 3. The number of hydrogen-bond donors (Lipinski definition) is 2. The van der Waals surface area contributed by atoms with E-state index in [2.05, 4.69) is 19.2 Å². The summed E-state index contributed by atoms with van der Waals surface area (Å²) in [5.74, 6) is -0.754. The Balaban J connectivity index is 1.32. The molecular formula is C31H38FNO6. The number of carbonyl (C=O) groups excluding carboxylic acids is 3. The number of aliphatic hydroxyl groups is 1. The van der Waals surface area contributed by atoms with E-state index in [1.165, 1.54) is 12.1 Å². The largest absolute Gasteiger partial charge is 0.458 e. The molecular weight excluding hydrogens is 501 g/mol. The van der Waals surface area contributed by atoms with E-state index in [0.717, 1.165) is 30.9 Å². The molecule has 1 amide bonds. The van der Waals surface area contributed by atoms with E-state index in [1.54, 1.807) is 32.9 Å². The van der Waals surface area contributed by atoms with Crippen molar-refractivity contribution >= 4 is 23.5 Å². The molecule has 0 heterocycles. The third kappa shape index (κ3) is 4.92. The molecule has 5 rings (SSSR count). The summed E-state index contributed by atoms with van der Waals surface area (Å²) in [6.45, 7) is 9.34. The zero-order chi connectivity index (χ0) is 28.3. The van der Waals surface area contributed by atoms with Crippen molar-refractivity contribution < 1.29 is 33.4 Å². The van der Waals surface area contributed by atoms with Crippen LogP contribution in [0.3, 0.4) is 0 Å². The van der Waals surface area contributed by atoms with Gasteiger partial charge in [0.05, 0.1) is 17.4 Å². The third-order valence-electron chi connectivity index (χ3n) is 9.49. The van der Waals surface area contributed by atoms with Crippen molar-refractivity contribution in [2.24, 2.45) is 28.6 Å². The number of halogens is 1. The molecule has 1 aromatic carbocycles. The van der Waals surface area contributed by atoms with Crippen LogP contribution in [-0.2, 0) is 14.3 Å². The number of aliphatic hydroxyl groups excluding tert-OH is 1. The number of amides is 1. The number of benzene rings is 1. The molecule has 2 N–H and O–H groups in total. The molecule has 3 fully saturated rings. The number of ketones is 1. The lowest BCUT2D eigenvalue weighted by Crippen LogP contribution is -2.56. The molecule has 0 bridgehead atoms. The molecule has 0 aromatic heterocycles. The van der Waals surface area contributed by atoms with Gasteiger partial charge in [-0.25, -0.2) is 14.0 Å². The molecule has 4 aliphatic carbocycles. The van der Waals surface area contributed by atoms with E-state index in [9.17, 15) is 23.9 Å². The van der Waals surface area contributed by atoms with Crippen molar-refractivity contribution in [3.63, 3.8) is 0 Å². The van der Waals surface area contributed by atoms with Crippen molar-refractivity contribution in [3.05, 3.63) is 53.4 Å². The molecule has 0 radical (unpaired) electrons. The van der Waals surface area contributed by atoms with E-state index in [4.69, 9.17) is 9.47 Å². The molecule has 39 heavy (non-hydrogen) atoms. The van der Waals surface area contributed by atoms with Gasteiger partial charge in [-0.05, 0) is 95.1 Å². The van der Waals surface area contributed by atoms with Gasteiger partial charge in [-0.15, -0.1) is 0 Å². The third-order valence-corrected chi connectivity index (χ3v) is 9.49. The summed E-state index contributed by atoms with van der Waals surface area (Å²) in [5, 5.41) is 13.9. The number of esters is 1. The monoisotopic (exact) mass is 539 g/mol. The number of fused-ring (bicyclic) bond motifs is 5. The maximum absolute atomic E-state index is 14.4. The lowest BCUT2D eigenvalue weighted by atomic mass is 9.47. The fraction of sp³-hybridized carbons (Fsp3) is 0.581. The van der Waals surface area contributed by atoms with Crippen LogP contribution in [-0.4, -0.2) is 40.8 Å². The van der Waals surface area contributed by atoms with Gasteiger partial charge in [-0.2, -0.15) is 0 Å². The van der Waals surface area contributed by atoms with E-state index in [-0.39, 0.29) is 40.2 Å². The second kappa shape index (κ2) is 9.58. The van der Waals surface area contributed by atoms with Gasteiger partial charge in [0.15, 0.2) is 5.78 Å². The van der Waals surface area contributed by atoms with Crippen LogP contribution >= 0.6 is 0 Å². The first-order chi connectivity index (χ1) is 18.2. The minimum absolute atomic E-state index is 0.00737. The first-order valence-electron chi connectivity index (χ1n) is 13.8. The normalized spacial score (nSPS) is 35.3. The summed E-state index contributed by atoms with van der Waals surface area (Å²) in [6.07, 6.45) is 7.31. The first kappa shape index (κ1) is 27.6. The fourth-order valence-corrected chi connectivity index (χ4v) is 7.83. The SMILES string of the molecule is CC(C)(C)OC(=O)Nc1cc(C(=O)OC2CCC3C4CCC5=CC(=O)C=CC5(C)C4C(O)CC23C)ccc1F. The van der Waals surface area contributed by atoms with Crippen LogP contribution in [0, 0.1) is 34.4 Å². The van der Waals surface area contributed by atoms with E-state index in [0.29, 0.717) is 12.8 Å². The lowest BCUT2D eigenvalue weighted by Gasteiger charge is -2.58. The quantitative estimate of drug-likeness (QED) is 0.459. The molecule has 7 unspecified atom stereocenters. The van der Waals surface area contributed by atoms with E-state index < -0.39 is 41.1 Å². The predicted molar refractivity (Wildman–Crippen MR) is 143 cm³/mol. The molecule has 1 aromatic rings. The van der Waals surface area contributed by atoms with E-state index in [1.807, 2.05) is 6.08 Å². The second-order valence-electron chi connectivity index (χ2n) is 13.1. The molecule has 210 valence electrons. The van der Waals surface area contributed by atoms with Crippen LogP contribution in [0.4, 0.5) is 14.9 Å². The van der Waals surface area contributed by atoms with Gasteiger partial charge in [0.1, 0.15) is 17.5 Å². The Morgan fingerprint density at radius 2 is 1.90 bits per heavy atom. The highest BCUT2D eigenvalue weighted by molar-refractivity contribution is 6.01. The second-order valence-corrected chi connectivity index (χ2v) is 13.1. The van der Waals surface area contributed by atoms with Crippen molar-refractivity contribution in [3.8, 4) is 0 Å². The predicted octanol–water partition coefficient (Wildman–Crippen LogP) is 5.98. The molecule has 0 saturated heterocycles. The van der Waals surface area contributed by atoms with Crippen LogP contribution in [0.15, 0.2) is 42.0 Å². The summed E-state index contributed by atoms with van der Waals surface area (Å²) in [6, 6.07) is 3.72. The van der Waals surface area contributed by atoms with Crippen molar-refractivity contribution in [1.82, 2.24) is 0 Å². The van der Waals surface area contributed by atoms with Crippen LogP contribution < -0.4 is 5.32 Å². The summed E-state index contributed by atoms with van der Waals surface area (Å²) in [5.41, 5.74) is -0.443. The highest BCUT2D eigenvalue weighted by Crippen LogP contribution is 2.65. The zero-order valence-electron chi connectivity index (χ0n) is 23.3. The van der Waals surface area contributed by atoms with Gasteiger partial charge in [-0.1, -0.05) is 25.5 Å². The highest BCUT2D eigenvalue weighted by Gasteiger charge is 2.62. The minimum Gasteiger partial charge on any atom is -0.458 e. The Kier molecular flexibility index (Phi) is 6.77. The van der Waals surface area contributed by atoms with Crippen molar-refractivity contribution in [2.75, 3.05) is 5.32 Å². The van der Waals surface area contributed by atoms with Gasteiger partial charge in [-0.3, -0.25) is 10.1 Å².